The quantitative estimate of drug-likeness (QED) is 0.851. The Bertz CT molecular complexity index is 402. The largest absolute Gasteiger partial charge is 0.370 e. The Labute approximate surface area is 105 Å². The molecular formula is C13H17BrN2. The molecule has 3 heteroatoms. The van der Waals surface area contributed by atoms with Crippen molar-refractivity contribution in [1.29, 1.82) is 0 Å². The molecule has 2 fully saturated rings. The number of nitrogens with one attached hydrogen (secondary N) is 1. The minimum Gasteiger partial charge on any atom is -0.370 e. The van der Waals surface area contributed by atoms with Crippen molar-refractivity contribution in [1.82, 2.24) is 5.32 Å². The number of aryl methyl sites for hydroxylation is 1. The fourth-order valence-electron chi connectivity index (χ4n) is 2.97. The van der Waals surface area contributed by atoms with Crippen LogP contribution in [0.2, 0.25) is 0 Å². The van der Waals surface area contributed by atoms with Gasteiger partial charge in [0.15, 0.2) is 0 Å². The van der Waals surface area contributed by atoms with E-state index in [1.807, 2.05) is 0 Å². The fourth-order valence-corrected chi connectivity index (χ4v) is 3.45. The van der Waals surface area contributed by atoms with Gasteiger partial charge in [0, 0.05) is 35.2 Å². The van der Waals surface area contributed by atoms with E-state index in [9.17, 15) is 0 Å². The Kier molecular flexibility index (Phi) is 2.48. The minimum atomic E-state index is 0.583. The number of halogens is 1. The van der Waals surface area contributed by atoms with E-state index in [4.69, 9.17) is 0 Å². The summed E-state index contributed by atoms with van der Waals surface area (Å²) >= 11 is 3.52. The highest BCUT2D eigenvalue weighted by Crippen LogP contribution is 2.40. The second-order valence-corrected chi connectivity index (χ2v) is 6.13. The van der Waals surface area contributed by atoms with E-state index in [1.165, 1.54) is 48.3 Å². The predicted molar refractivity (Wildman–Crippen MR) is 71.0 cm³/mol. The third-order valence-corrected chi connectivity index (χ3v) is 4.38. The fraction of sp³-hybridized carbons (Fsp3) is 0.538. The van der Waals surface area contributed by atoms with Crippen molar-refractivity contribution < 1.29 is 0 Å². The van der Waals surface area contributed by atoms with Crippen LogP contribution in [0.15, 0.2) is 22.7 Å². The molecule has 0 aromatic heterocycles. The summed E-state index contributed by atoms with van der Waals surface area (Å²) in [5, 5.41) is 3.48. The first kappa shape index (κ1) is 10.6. The first-order valence-corrected chi connectivity index (χ1v) is 6.70. The highest BCUT2D eigenvalue weighted by Gasteiger charge is 2.45. The Morgan fingerprint density at radius 1 is 1.38 bits per heavy atom. The predicted octanol–water partition coefficient (Wildman–Crippen LogP) is 2.56. The lowest BCUT2D eigenvalue weighted by Crippen LogP contribution is -2.57. The van der Waals surface area contributed by atoms with Gasteiger partial charge in [-0.25, -0.2) is 0 Å². The van der Waals surface area contributed by atoms with Crippen LogP contribution < -0.4 is 10.2 Å². The van der Waals surface area contributed by atoms with Crippen LogP contribution in [0.25, 0.3) is 0 Å². The average Bonchev–Trinajstić information content (AvgIpc) is 2.65. The summed E-state index contributed by atoms with van der Waals surface area (Å²) in [7, 11) is 0. The van der Waals surface area contributed by atoms with E-state index < -0.39 is 0 Å². The molecule has 86 valence electrons. The van der Waals surface area contributed by atoms with Gasteiger partial charge in [-0.2, -0.15) is 0 Å². The second-order valence-electron chi connectivity index (χ2n) is 5.21. The van der Waals surface area contributed by atoms with Crippen LogP contribution in [0.5, 0.6) is 0 Å². The first-order chi connectivity index (χ1) is 7.69. The zero-order valence-corrected chi connectivity index (χ0v) is 11.2. The number of benzene rings is 1. The molecule has 3 rings (SSSR count). The third-order valence-electron chi connectivity index (χ3n) is 3.88. The maximum atomic E-state index is 3.52. The summed E-state index contributed by atoms with van der Waals surface area (Å²) in [6.07, 6.45) is 1.35. The third kappa shape index (κ3) is 1.66. The first-order valence-electron chi connectivity index (χ1n) is 5.90. The van der Waals surface area contributed by atoms with Crippen LogP contribution in [0.4, 0.5) is 5.69 Å². The zero-order chi connectivity index (χ0) is 11.2. The normalized spacial score (nSPS) is 22.5. The Balaban J connectivity index is 1.76. The molecular weight excluding hydrogens is 264 g/mol. The summed E-state index contributed by atoms with van der Waals surface area (Å²) < 4.78 is 1.17. The molecule has 2 saturated heterocycles. The van der Waals surface area contributed by atoms with E-state index in [0.29, 0.717) is 5.41 Å². The van der Waals surface area contributed by atoms with Gasteiger partial charge in [0.2, 0.25) is 0 Å². The zero-order valence-electron chi connectivity index (χ0n) is 9.59. The van der Waals surface area contributed by atoms with Gasteiger partial charge >= 0.3 is 0 Å². The summed E-state index contributed by atoms with van der Waals surface area (Å²) in [5.74, 6) is 0. The van der Waals surface area contributed by atoms with E-state index in [-0.39, 0.29) is 0 Å². The van der Waals surface area contributed by atoms with Gasteiger partial charge in [0.1, 0.15) is 0 Å². The van der Waals surface area contributed by atoms with Gasteiger partial charge in [-0.05, 0) is 43.7 Å². The Morgan fingerprint density at radius 2 is 2.19 bits per heavy atom. The van der Waals surface area contributed by atoms with Gasteiger partial charge in [0.25, 0.3) is 0 Å². The van der Waals surface area contributed by atoms with Gasteiger partial charge < -0.3 is 10.2 Å². The number of anilines is 1. The van der Waals surface area contributed by atoms with Crippen LogP contribution >= 0.6 is 15.9 Å². The smallest absolute Gasteiger partial charge is 0.0397 e. The van der Waals surface area contributed by atoms with Crippen molar-refractivity contribution in [3.8, 4) is 0 Å². The lowest BCUT2D eigenvalue weighted by atomic mass is 9.78. The van der Waals surface area contributed by atoms with Crippen molar-refractivity contribution >= 4 is 21.6 Å². The minimum absolute atomic E-state index is 0.583. The van der Waals surface area contributed by atoms with Crippen molar-refractivity contribution in [2.24, 2.45) is 5.41 Å². The summed E-state index contributed by atoms with van der Waals surface area (Å²) in [4.78, 5) is 2.51. The van der Waals surface area contributed by atoms with Crippen LogP contribution in [0.3, 0.4) is 0 Å². The molecule has 1 N–H and O–H groups in total. The maximum Gasteiger partial charge on any atom is 0.0397 e. The van der Waals surface area contributed by atoms with Crippen LogP contribution in [-0.2, 0) is 0 Å². The van der Waals surface area contributed by atoms with E-state index >= 15 is 0 Å². The molecule has 1 spiro atoms. The molecule has 1 aromatic rings. The highest BCUT2D eigenvalue weighted by atomic mass is 79.9. The number of hydrogen-bond donors (Lipinski definition) is 1. The molecule has 2 aliphatic heterocycles. The molecule has 2 nitrogen and oxygen atoms in total. The molecule has 16 heavy (non-hydrogen) atoms. The highest BCUT2D eigenvalue weighted by molar-refractivity contribution is 9.10. The Morgan fingerprint density at radius 3 is 2.81 bits per heavy atom. The maximum absolute atomic E-state index is 3.52. The van der Waals surface area contributed by atoms with Gasteiger partial charge in [-0.3, -0.25) is 0 Å². The molecule has 1 aromatic carbocycles. The molecule has 0 amide bonds. The standard InChI is InChI=1S/C13H17BrN2/c1-10-6-11(14)2-3-12(10)16-8-13(9-16)4-5-15-7-13/h2-3,6,15H,4-5,7-9H2,1H3. The molecule has 2 aliphatic rings. The summed E-state index contributed by atoms with van der Waals surface area (Å²) in [6.45, 7) is 7.05. The van der Waals surface area contributed by atoms with Crippen molar-refractivity contribution in [2.75, 3.05) is 31.1 Å². The molecule has 0 unspecified atom stereocenters. The van der Waals surface area contributed by atoms with Crippen molar-refractivity contribution in [2.45, 2.75) is 13.3 Å². The molecule has 2 heterocycles. The lowest BCUT2D eigenvalue weighted by Gasteiger charge is -2.49. The van der Waals surface area contributed by atoms with E-state index in [1.54, 1.807) is 0 Å². The number of hydrogen-bond acceptors (Lipinski definition) is 2. The molecule has 0 bridgehead atoms. The van der Waals surface area contributed by atoms with Gasteiger partial charge in [-0.1, -0.05) is 15.9 Å². The van der Waals surface area contributed by atoms with E-state index in [0.717, 1.165) is 0 Å². The number of nitrogens with zero attached hydrogens (tertiary/aromatic N) is 1. The SMILES string of the molecule is Cc1cc(Br)ccc1N1CC2(CCNC2)C1. The van der Waals surface area contributed by atoms with Crippen LogP contribution in [0, 0.1) is 12.3 Å². The van der Waals surface area contributed by atoms with Crippen LogP contribution in [0.1, 0.15) is 12.0 Å². The molecule has 0 atom stereocenters. The van der Waals surface area contributed by atoms with Gasteiger partial charge in [-0.15, -0.1) is 0 Å². The Hall–Kier alpha value is -0.540. The van der Waals surface area contributed by atoms with Crippen LogP contribution in [-0.4, -0.2) is 26.2 Å². The molecule has 0 saturated carbocycles. The molecule has 0 radical (unpaired) electrons. The second kappa shape index (κ2) is 3.74. The van der Waals surface area contributed by atoms with Gasteiger partial charge in [0.05, 0.1) is 0 Å². The summed E-state index contributed by atoms with van der Waals surface area (Å²) in [5.41, 5.74) is 3.36. The monoisotopic (exact) mass is 280 g/mol. The average molecular weight is 281 g/mol. The lowest BCUT2D eigenvalue weighted by molar-refractivity contribution is 0.243. The van der Waals surface area contributed by atoms with Crippen molar-refractivity contribution in [3.63, 3.8) is 0 Å². The van der Waals surface area contributed by atoms with Crippen molar-refractivity contribution in [3.05, 3.63) is 28.2 Å². The summed E-state index contributed by atoms with van der Waals surface area (Å²) in [6, 6.07) is 6.57. The van der Waals surface area contributed by atoms with E-state index in [2.05, 4.69) is 51.3 Å². The topological polar surface area (TPSA) is 15.3 Å². The molecule has 0 aliphatic carbocycles. The number of rotatable bonds is 1.